The van der Waals surface area contributed by atoms with Crippen LogP contribution in [0.15, 0.2) is 36.5 Å². The maximum absolute atomic E-state index is 12.2. The van der Waals surface area contributed by atoms with Crippen molar-refractivity contribution in [2.24, 2.45) is 5.92 Å². The van der Waals surface area contributed by atoms with E-state index in [1.807, 2.05) is 12.1 Å². The van der Waals surface area contributed by atoms with Crippen LogP contribution >= 0.6 is 11.6 Å². The molecule has 3 N–H and O–H groups in total. The minimum absolute atomic E-state index is 0.00263. The average Bonchev–Trinajstić information content (AvgIpc) is 2.75. The van der Waals surface area contributed by atoms with Gasteiger partial charge in [0.25, 0.3) is 0 Å². The average molecular weight is 431 g/mol. The lowest BCUT2D eigenvalue weighted by atomic mass is 9.96. The molecule has 1 amide bonds. The van der Waals surface area contributed by atoms with E-state index in [0.29, 0.717) is 35.7 Å². The SMILES string of the molecule is Nc1ncccc1CC(=O)NCC1CCN(C[C@H]2COc3ccc(Cl)cc3O2)CC1. The van der Waals surface area contributed by atoms with Crippen LogP contribution in [0.5, 0.6) is 11.5 Å². The van der Waals surface area contributed by atoms with Crippen LogP contribution in [0.25, 0.3) is 0 Å². The van der Waals surface area contributed by atoms with Crippen LogP contribution in [0.2, 0.25) is 5.02 Å². The van der Waals surface area contributed by atoms with Crippen molar-refractivity contribution < 1.29 is 14.3 Å². The largest absolute Gasteiger partial charge is 0.486 e. The van der Waals surface area contributed by atoms with Gasteiger partial charge in [0.05, 0.1) is 6.42 Å². The number of hydrogen-bond acceptors (Lipinski definition) is 6. The van der Waals surface area contributed by atoms with Gasteiger partial charge in [0.1, 0.15) is 18.5 Å². The summed E-state index contributed by atoms with van der Waals surface area (Å²) in [5, 5.41) is 3.69. The number of nitrogens with two attached hydrogens (primary N) is 1. The molecule has 0 bridgehead atoms. The van der Waals surface area contributed by atoms with E-state index in [1.54, 1.807) is 24.4 Å². The van der Waals surface area contributed by atoms with E-state index < -0.39 is 0 Å². The van der Waals surface area contributed by atoms with Crippen molar-refractivity contribution >= 4 is 23.3 Å². The number of nitrogens with zero attached hydrogens (tertiary/aromatic N) is 2. The van der Waals surface area contributed by atoms with Gasteiger partial charge in [-0.3, -0.25) is 9.69 Å². The van der Waals surface area contributed by atoms with Gasteiger partial charge in [-0.25, -0.2) is 4.98 Å². The van der Waals surface area contributed by atoms with E-state index in [1.165, 1.54) is 0 Å². The van der Waals surface area contributed by atoms with E-state index in [4.69, 9.17) is 26.8 Å². The lowest BCUT2D eigenvalue weighted by Crippen LogP contribution is -2.45. The first-order chi connectivity index (χ1) is 14.6. The molecule has 0 aliphatic carbocycles. The number of hydrogen-bond donors (Lipinski definition) is 2. The highest BCUT2D eigenvalue weighted by Gasteiger charge is 2.26. The van der Waals surface area contributed by atoms with Crippen LogP contribution in [0.1, 0.15) is 18.4 Å². The van der Waals surface area contributed by atoms with E-state index in [0.717, 1.165) is 43.8 Å². The zero-order valence-corrected chi connectivity index (χ0v) is 17.6. The highest BCUT2D eigenvalue weighted by atomic mass is 35.5. The Morgan fingerprint density at radius 1 is 1.27 bits per heavy atom. The minimum Gasteiger partial charge on any atom is -0.486 e. The third-order valence-electron chi connectivity index (χ3n) is 5.66. The standard InChI is InChI=1S/C22H27ClN4O3/c23-17-3-4-19-20(11-17)30-18(14-29-19)13-27-8-5-15(6-9-27)12-26-21(28)10-16-2-1-7-25-22(16)24/h1-4,7,11,15,18H,5-6,8-10,12-14H2,(H2,24,25)(H,26,28)/t18-/m0/s1. The fourth-order valence-electron chi connectivity index (χ4n) is 3.93. The summed E-state index contributed by atoms with van der Waals surface area (Å²) >= 11 is 6.05. The summed E-state index contributed by atoms with van der Waals surface area (Å²) < 4.78 is 11.9. The van der Waals surface area contributed by atoms with E-state index in [9.17, 15) is 4.79 Å². The molecular weight excluding hydrogens is 404 g/mol. The van der Waals surface area contributed by atoms with Crippen LogP contribution < -0.4 is 20.5 Å². The molecule has 2 aromatic rings. The van der Waals surface area contributed by atoms with Crippen LogP contribution in [-0.2, 0) is 11.2 Å². The van der Waals surface area contributed by atoms with Crippen molar-refractivity contribution in [3.8, 4) is 11.5 Å². The maximum atomic E-state index is 12.2. The summed E-state index contributed by atoms with van der Waals surface area (Å²) in [4.78, 5) is 18.6. The number of rotatable bonds is 6. The molecule has 3 heterocycles. The molecule has 0 spiro atoms. The molecule has 1 aromatic heterocycles. The number of pyridine rings is 1. The zero-order chi connectivity index (χ0) is 20.9. The number of nitrogens with one attached hydrogen (secondary N) is 1. The third-order valence-corrected chi connectivity index (χ3v) is 5.89. The number of ether oxygens (including phenoxy) is 2. The molecule has 1 fully saturated rings. The molecule has 2 aliphatic rings. The van der Waals surface area contributed by atoms with Gasteiger partial charge in [-0.2, -0.15) is 0 Å². The summed E-state index contributed by atoms with van der Waals surface area (Å²) in [6.07, 6.45) is 3.99. The highest BCUT2D eigenvalue weighted by molar-refractivity contribution is 6.30. The monoisotopic (exact) mass is 430 g/mol. The summed E-state index contributed by atoms with van der Waals surface area (Å²) in [5.41, 5.74) is 6.58. The molecule has 0 radical (unpaired) electrons. The van der Waals surface area contributed by atoms with Crippen LogP contribution in [0.3, 0.4) is 0 Å². The molecule has 8 heteroatoms. The number of benzene rings is 1. The predicted molar refractivity (Wildman–Crippen MR) is 116 cm³/mol. The van der Waals surface area contributed by atoms with Gasteiger partial charge in [-0.15, -0.1) is 0 Å². The Balaban J connectivity index is 1.17. The van der Waals surface area contributed by atoms with Gasteiger partial charge in [0.2, 0.25) is 5.91 Å². The fraction of sp³-hybridized carbons (Fsp3) is 0.455. The van der Waals surface area contributed by atoms with Gasteiger partial charge in [-0.05, 0) is 50.0 Å². The van der Waals surface area contributed by atoms with Gasteiger partial charge in [0.15, 0.2) is 11.5 Å². The number of likely N-dealkylation sites (tertiary alicyclic amines) is 1. The van der Waals surface area contributed by atoms with Crippen molar-refractivity contribution in [3.63, 3.8) is 0 Å². The second-order valence-corrected chi connectivity index (χ2v) is 8.35. The molecule has 4 rings (SSSR count). The normalized spacial score (nSPS) is 19.4. The van der Waals surface area contributed by atoms with E-state index in [2.05, 4.69) is 15.2 Å². The molecule has 2 aliphatic heterocycles. The zero-order valence-electron chi connectivity index (χ0n) is 16.9. The van der Waals surface area contributed by atoms with Gasteiger partial charge in [0, 0.05) is 35.9 Å². The first kappa shape index (κ1) is 20.8. The molecule has 160 valence electrons. The number of fused-ring (bicyclic) bond motifs is 1. The number of carbonyl (C=O) groups excluding carboxylic acids is 1. The highest BCUT2D eigenvalue weighted by Crippen LogP contribution is 2.34. The summed E-state index contributed by atoms with van der Waals surface area (Å²) in [5.74, 6) is 2.35. The van der Waals surface area contributed by atoms with Gasteiger partial charge >= 0.3 is 0 Å². The van der Waals surface area contributed by atoms with Gasteiger partial charge < -0.3 is 20.5 Å². The first-order valence-corrected chi connectivity index (χ1v) is 10.7. The molecular formula is C22H27ClN4O3. The summed E-state index contributed by atoms with van der Waals surface area (Å²) in [6, 6.07) is 9.08. The number of piperidine rings is 1. The lowest BCUT2D eigenvalue weighted by molar-refractivity contribution is -0.120. The second-order valence-electron chi connectivity index (χ2n) is 7.91. The van der Waals surface area contributed by atoms with Crippen molar-refractivity contribution in [3.05, 3.63) is 47.1 Å². The number of amides is 1. The molecule has 0 saturated carbocycles. The van der Waals surface area contributed by atoms with E-state index in [-0.39, 0.29) is 18.4 Å². The van der Waals surface area contributed by atoms with Crippen molar-refractivity contribution in [1.82, 2.24) is 15.2 Å². The molecule has 1 saturated heterocycles. The smallest absolute Gasteiger partial charge is 0.224 e. The quantitative estimate of drug-likeness (QED) is 0.732. The van der Waals surface area contributed by atoms with Crippen molar-refractivity contribution in [2.75, 3.05) is 38.5 Å². The second kappa shape index (κ2) is 9.53. The van der Waals surface area contributed by atoms with Gasteiger partial charge in [-0.1, -0.05) is 17.7 Å². The number of anilines is 1. The van der Waals surface area contributed by atoms with Crippen LogP contribution in [0.4, 0.5) is 5.82 Å². The van der Waals surface area contributed by atoms with E-state index >= 15 is 0 Å². The molecule has 1 aromatic carbocycles. The number of carbonyl (C=O) groups is 1. The summed E-state index contributed by atoms with van der Waals surface area (Å²) in [7, 11) is 0. The maximum Gasteiger partial charge on any atom is 0.224 e. The van der Waals surface area contributed by atoms with Crippen molar-refractivity contribution in [1.29, 1.82) is 0 Å². The Hall–Kier alpha value is -2.51. The Bertz CT molecular complexity index is 886. The fourth-order valence-corrected chi connectivity index (χ4v) is 4.10. The summed E-state index contributed by atoms with van der Waals surface area (Å²) in [6.45, 7) is 4.03. The van der Waals surface area contributed by atoms with Crippen LogP contribution in [-0.4, -0.2) is 54.7 Å². The molecule has 30 heavy (non-hydrogen) atoms. The Morgan fingerprint density at radius 2 is 2.10 bits per heavy atom. The topological polar surface area (TPSA) is 89.7 Å². The number of halogens is 1. The predicted octanol–water partition coefficient (Wildman–Crippen LogP) is 2.53. The van der Waals surface area contributed by atoms with Crippen LogP contribution in [0, 0.1) is 5.92 Å². The lowest BCUT2D eigenvalue weighted by Gasteiger charge is -2.35. The Kier molecular flexibility index (Phi) is 6.59. The Labute approximate surface area is 181 Å². The minimum atomic E-state index is -0.0118. The molecule has 1 atom stereocenters. The molecule has 0 unspecified atom stereocenters. The molecule has 7 nitrogen and oxygen atoms in total. The Morgan fingerprint density at radius 3 is 2.90 bits per heavy atom. The first-order valence-electron chi connectivity index (χ1n) is 10.3. The third kappa shape index (κ3) is 5.34. The number of nitrogen functional groups attached to an aromatic ring is 1. The number of aromatic nitrogens is 1. The van der Waals surface area contributed by atoms with Crippen molar-refractivity contribution in [2.45, 2.75) is 25.4 Å².